The molecule has 4 rings (SSSR count). The summed E-state index contributed by atoms with van der Waals surface area (Å²) in [6.07, 6.45) is 4.89. The number of pyridine rings is 1. The molecule has 1 saturated heterocycles. The molecular weight excluding hydrogens is 392 g/mol. The number of fused-ring (bicyclic) bond motifs is 1. The molecule has 0 aliphatic carbocycles. The van der Waals surface area contributed by atoms with Crippen LogP contribution in [0.3, 0.4) is 0 Å². The molecule has 2 aliphatic heterocycles. The SMILES string of the molecule is COC(=O)CCC(=O)N1CCC2(CC1)NC(=O)c1sc(-c3ccncc3)cc1N2. The fourth-order valence-corrected chi connectivity index (χ4v) is 4.75. The number of carbonyl (C=O) groups is 3. The standard InChI is InChI=1S/C20H22N4O4S/c1-28-17(26)3-2-16(25)24-10-6-20(7-11-24)22-14-12-15(13-4-8-21-9-5-13)29-18(14)19(27)23-20/h4-5,8-9,12,22H,2-3,6-7,10-11H2,1H3,(H,23,27). The van der Waals surface area contributed by atoms with Gasteiger partial charge >= 0.3 is 5.97 Å². The highest BCUT2D eigenvalue weighted by atomic mass is 32.1. The van der Waals surface area contributed by atoms with Crippen LogP contribution in [0.15, 0.2) is 30.6 Å². The van der Waals surface area contributed by atoms with Gasteiger partial charge in [-0.05, 0) is 23.8 Å². The monoisotopic (exact) mass is 414 g/mol. The maximum absolute atomic E-state index is 12.7. The topological polar surface area (TPSA) is 101 Å². The van der Waals surface area contributed by atoms with Crippen molar-refractivity contribution in [3.63, 3.8) is 0 Å². The normalized spacial score (nSPS) is 17.3. The predicted octanol–water partition coefficient (Wildman–Crippen LogP) is 2.24. The minimum atomic E-state index is -0.556. The van der Waals surface area contributed by atoms with Crippen LogP contribution in [-0.2, 0) is 14.3 Å². The lowest BCUT2D eigenvalue weighted by atomic mass is 9.93. The van der Waals surface area contributed by atoms with Gasteiger partial charge in [-0.2, -0.15) is 0 Å². The van der Waals surface area contributed by atoms with Gasteiger partial charge in [0.1, 0.15) is 10.5 Å². The molecular formula is C20H22N4O4S. The Labute approximate surface area is 172 Å². The van der Waals surface area contributed by atoms with E-state index in [2.05, 4.69) is 20.4 Å². The number of piperidine rings is 1. The van der Waals surface area contributed by atoms with Crippen molar-refractivity contribution in [2.75, 3.05) is 25.5 Å². The van der Waals surface area contributed by atoms with E-state index in [4.69, 9.17) is 0 Å². The number of anilines is 1. The van der Waals surface area contributed by atoms with Crippen LogP contribution in [0.25, 0.3) is 10.4 Å². The molecule has 0 aromatic carbocycles. The minimum Gasteiger partial charge on any atom is -0.469 e. The van der Waals surface area contributed by atoms with E-state index in [9.17, 15) is 14.4 Å². The Balaban J connectivity index is 1.43. The number of hydrogen-bond donors (Lipinski definition) is 2. The zero-order valence-corrected chi connectivity index (χ0v) is 16.9. The lowest BCUT2D eigenvalue weighted by Gasteiger charge is -2.45. The van der Waals surface area contributed by atoms with Crippen molar-refractivity contribution in [3.8, 4) is 10.4 Å². The molecule has 2 aromatic heterocycles. The summed E-state index contributed by atoms with van der Waals surface area (Å²) in [5.74, 6) is -0.541. The fourth-order valence-electron chi connectivity index (χ4n) is 3.73. The number of ether oxygens (including phenoxy) is 1. The van der Waals surface area contributed by atoms with Gasteiger partial charge in [0.25, 0.3) is 5.91 Å². The molecule has 9 heteroatoms. The highest BCUT2D eigenvalue weighted by Crippen LogP contribution is 2.40. The first-order valence-electron chi connectivity index (χ1n) is 9.49. The number of carbonyl (C=O) groups excluding carboxylic acids is 3. The quantitative estimate of drug-likeness (QED) is 0.744. The van der Waals surface area contributed by atoms with Crippen molar-refractivity contribution in [2.45, 2.75) is 31.3 Å². The van der Waals surface area contributed by atoms with Crippen LogP contribution in [0, 0.1) is 0 Å². The summed E-state index contributed by atoms with van der Waals surface area (Å²) in [5, 5.41) is 6.61. The smallest absolute Gasteiger partial charge is 0.306 e. The zero-order chi connectivity index (χ0) is 20.4. The van der Waals surface area contributed by atoms with Crippen molar-refractivity contribution in [1.82, 2.24) is 15.2 Å². The average molecular weight is 414 g/mol. The van der Waals surface area contributed by atoms with Gasteiger partial charge in [-0.25, -0.2) is 0 Å². The molecule has 4 heterocycles. The molecule has 1 spiro atoms. The molecule has 29 heavy (non-hydrogen) atoms. The summed E-state index contributed by atoms with van der Waals surface area (Å²) in [7, 11) is 1.31. The summed E-state index contributed by atoms with van der Waals surface area (Å²) in [6.45, 7) is 1.04. The summed E-state index contributed by atoms with van der Waals surface area (Å²) in [4.78, 5) is 43.8. The van der Waals surface area contributed by atoms with Gasteiger partial charge in [0.15, 0.2) is 0 Å². The van der Waals surface area contributed by atoms with Crippen molar-refractivity contribution in [3.05, 3.63) is 35.5 Å². The van der Waals surface area contributed by atoms with Crippen LogP contribution in [0.5, 0.6) is 0 Å². The molecule has 8 nitrogen and oxygen atoms in total. The van der Waals surface area contributed by atoms with Crippen molar-refractivity contribution in [2.24, 2.45) is 0 Å². The molecule has 0 radical (unpaired) electrons. The van der Waals surface area contributed by atoms with E-state index >= 15 is 0 Å². The lowest BCUT2D eigenvalue weighted by Crippen LogP contribution is -2.62. The molecule has 2 aromatic rings. The van der Waals surface area contributed by atoms with E-state index in [0.29, 0.717) is 30.8 Å². The number of rotatable bonds is 4. The first-order chi connectivity index (χ1) is 14.0. The Morgan fingerprint density at radius 3 is 2.62 bits per heavy atom. The molecule has 0 unspecified atom stereocenters. The third kappa shape index (κ3) is 3.95. The molecule has 0 bridgehead atoms. The Morgan fingerprint density at radius 2 is 1.93 bits per heavy atom. The summed E-state index contributed by atoms with van der Waals surface area (Å²) < 4.78 is 4.59. The van der Waals surface area contributed by atoms with E-state index in [1.807, 2.05) is 18.2 Å². The molecule has 0 saturated carbocycles. The predicted molar refractivity (Wildman–Crippen MR) is 108 cm³/mol. The molecule has 152 valence electrons. The number of aromatic nitrogens is 1. The molecule has 2 N–H and O–H groups in total. The number of amides is 2. The second-order valence-corrected chi connectivity index (χ2v) is 8.26. The van der Waals surface area contributed by atoms with Gasteiger partial charge in [-0.3, -0.25) is 19.4 Å². The number of likely N-dealkylation sites (tertiary alicyclic amines) is 1. The Hall–Kier alpha value is -2.94. The second kappa shape index (κ2) is 7.82. The van der Waals surface area contributed by atoms with Crippen LogP contribution in [-0.4, -0.2) is 53.5 Å². The highest BCUT2D eigenvalue weighted by Gasteiger charge is 2.41. The van der Waals surface area contributed by atoms with Crippen molar-refractivity contribution < 1.29 is 19.1 Å². The van der Waals surface area contributed by atoms with E-state index < -0.39 is 5.66 Å². The van der Waals surface area contributed by atoms with Gasteiger partial charge in [0, 0.05) is 49.6 Å². The van der Waals surface area contributed by atoms with Crippen molar-refractivity contribution in [1.29, 1.82) is 0 Å². The Bertz CT molecular complexity index is 935. The van der Waals surface area contributed by atoms with Gasteiger partial charge in [0.05, 0.1) is 19.2 Å². The van der Waals surface area contributed by atoms with E-state index in [-0.39, 0.29) is 30.6 Å². The second-order valence-electron chi connectivity index (χ2n) is 7.21. The largest absolute Gasteiger partial charge is 0.469 e. The minimum absolute atomic E-state index is 0.0661. The first kappa shape index (κ1) is 19.4. The third-order valence-corrected chi connectivity index (χ3v) is 6.55. The summed E-state index contributed by atoms with van der Waals surface area (Å²) in [5.41, 5.74) is 1.30. The highest BCUT2D eigenvalue weighted by molar-refractivity contribution is 7.18. The number of thiophene rings is 1. The van der Waals surface area contributed by atoms with E-state index in [1.165, 1.54) is 18.4 Å². The van der Waals surface area contributed by atoms with Crippen LogP contribution in [0.4, 0.5) is 5.69 Å². The number of methoxy groups -OCH3 is 1. The van der Waals surface area contributed by atoms with Crippen LogP contribution >= 0.6 is 11.3 Å². The summed E-state index contributed by atoms with van der Waals surface area (Å²) >= 11 is 1.45. The van der Waals surface area contributed by atoms with Gasteiger partial charge < -0.3 is 20.3 Å². The van der Waals surface area contributed by atoms with Gasteiger partial charge in [-0.15, -0.1) is 11.3 Å². The average Bonchev–Trinajstić information content (AvgIpc) is 3.17. The molecule has 0 atom stereocenters. The van der Waals surface area contributed by atoms with Gasteiger partial charge in [-0.1, -0.05) is 0 Å². The third-order valence-electron chi connectivity index (χ3n) is 5.37. The Morgan fingerprint density at radius 1 is 1.21 bits per heavy atom. The number of esters is 1. The Kier molecular flexibility index (Phi) is 5.23. The summed E-state index contributed by atoms with van der Waals surface area (Å²) in [6, 6.07) is 5.84. The fraction of sp³-hybridized carbons (Fsp3) is 0.400. The van der Waals surface area contributed by atoms with Crippen LogP contribution in [0.1, 0.15) is 35.4 Å². The molecule has 2 aliphatic rings. The van der Waals surface area contributed by atoms with E-state index in [1.54, 1.807) is 17.3 Å². The van der Waals surface area contributed by atoms with E-state index in [0.717, 1.165) is 16.1 Å². The van der Waals surface area contributed by atoms with Crippen LogP contribution in [0.2, 0.25) is 0 Å². The molecule has 2 amide bonds. The maximum Gasteiger partial charge on any atom is 0.306 e. The number of hydrogen-bond acceptors (Lipinski definition) is 7. The number of nitrogens with zero attached hydrogens (tertiary/aromatic N) is 2. The van der Waals surface area contributed by atoms with Gasteiger partial charge in [0.2, 0.25) is 5.91 Å². The van der Waals surface area contributed by atoms with Crippen molar-refractivity contribution >= 4 is 34.8 Å². The lowest BCUT2D eigenvalue weighted by molar-refractivity contribution is -0.144. The zero-order valence-electron chi connectivity index (χ0n) is 16.1. The number of nitrogens with one attached hydrogen (secondary N) is 2. The first-order valence-corrected chi connectivity index (χ1v) is 10.3. The van der Waals surface area contributed by atoms with Crippen LogP contribution < -0.4 is 10.6 Å². The maximum atomic E-state index is 12.7. The molecule has 1 fully saturated rings.